The molecule has 0 unspecified atom stereocenters. The Morgan fingerprint density at radius 2 is 1.66 bits per heavy atom. The van der Waals surface area contributed by atoms with Gasteiger partial charge in [0.1, 0.15) is 0 Å². The molecule has 1 aromatic carbocycles. The fourth-order valence-corrected chi connectivity index (χ4v) is 2.76. The molecule has 0 saturated heterocycles. The molecular weight excluding hydrogens is 400 g/mol. The van der Waals surface area contributed by atoms with E-state index in [9.17, 15) is 14.4 Å². The molecule has 9 heteroatoms. The van der Waals surface area contributed by atoms with E-state index in [0.717, 1.165) is 11.4 Å². The molecule has 1 rings (SSSR count). The summed E-state index contributed by atoms with van der Waals surface area (Å²) in [6.07, 6.45) is 1.05. The number of halogens is 1. The van der Waals surface area contributed by atoms with Gasteiger partial charge >= 0.3 is 18.2 Å². The van der Waals surface area contributed by atoms with Crippen LogP contribution in [0.5, 0.6) is 0 Å². The molecule has 0 fully saturated rings. The van der Waals surface area contributed by atoms with Gasteiger partial charge in [-0.3, -0.25) is 0 Å². The highest BCUT2D eigenvalue weighted by Crippen LogP contribution is 2.15. The first-order valence-electron chi connectivity index (χ1n) is 9.74. The molecule has 1 atom stereocenters. The van der Waals surface area contributed by atoms with Crippen LogP contribution >= 0.6 is 11.6 Å². The molecule has 29 heavy (non-hydrogen) atoms. The van der Waals surface area contributed by atoms with E-state index < -0.39 is 18.2 Å². The van der Waals surface area contributed by atoms with Gasteiger partial charge in [0, 0.05) is 5.02 Å². The minimum Gasteiger partial charge on any atom is -0.462 e. The van der Waals surface area contributed by atoms with Crippen LogP contribution in [0.3, 0.4) is 0 Å². The Kier molecular flexibility index (Phi) is 11.6. The topological polar surface area (TPSA) is 94.2 Å². The molecule has 0 spiro atoms. The first-order chi connectivity index (χ1) is 13.9. The summed E-state index contributed by atoms with van der Waals surface area (Å²) in [4.78, 5) is 36.1. The van der Waals surface area contributed by atoms with Crippen molar-refractivity contribution >= 4 is 29.8 Å². The lowest BCUT2D eigenvalue weighted by Gasteiger charge is -2.30. The molecule has 162 valence electrons. The highest BCUT2D eigenvalue weighted by molar-refractivity contribution is 6.30. The van der Waals surface area contributed by atoms with Crippen LogP contribution in [0.25, 0.3) is 0 Å². The first kappa shape index (κ1) is 24.6. The Hall–Kier alpha value is -2.48. The number of benzene rings is 1. The van der Waals surface area contributed by atoms with Crippen LogP contribution in [0.1, 0.15) is 56.8 Å². The Bertz CT molecular complexity index is 653. The molecule has 0 aliphatic rings. The number of nitrogens with zero attached hydrogens (tertiary/aromatic N) is 1. The fraction of sp³-hybridized carbons (Fsp3) is 0.550. The molecule has 8 nitrogen and oxygen atoms in total. The molecule has 0 aliphatic carbocycles. The van der Waals surface area contributed by atoms with Gasteiger partial charge in [0.25, 0.3) is 0 Å². The summed E-state index contributed by atoms with van der Waals surface area (Å²) in [6.45, 7) is 5.87. The number of esters is 1. The van der Waals surface area contributed by atoms with Crippen molar-refractivity contribution < 1.29 is 28.6 Å². The molecule has 0 radical (unpaired) electrons. The number of nitrogens with one attached hydrogen (secondary N) is 1. The minimum absolute atomic E-state index is 0.178. The smallest absolute Gasteiger partial charge is 0.429 e. The fourth-order valence-electron chi connectivity index (χ4n) is 2.63. The molecule has 0 saturated carbocycles. The average molecular weight is 429 g/mol. The maximum absolute atomic E-state index is 12.3. The van der Waals surface area contributed by atoms with Gasteiger partial charge < -0.3 is 14.2 Å². The van der Waals surface area contributed by atoms with Crippen molar-refractivity contribution in [2.24, 2.45) is 0 Å². The second-order valence-corrected chi connectivity index (χ2v) is 6.57. The van der Waals surface area contributed by atoms with Crippen molar-refractivity contribution in [3.8, 4) is 0 Å². The number of ether oxygens (including phenoxy) is 3. The average Bonchev–Trinajstić information content (AvgIpc) is 2.69. The number of amides is 2. The molecular formula is C20H29ClN2O6. The van der Waals surface area contributed by atoms with Crippen molar-refractivity contribution in [2.75, 3.05) is 19.8 Å². The lowest BCUT2D eigenvalue weighted by Crippen LogP contribution is -2.52. The van der Waals surface area contributed by atoms with Crippen molar-refractivity contribution in [2.45, 2.75) is 52.5 Å². The largest absolute Gasteiger partial charge is 0.462 e. The third-order valence-corrected chi connectivity index (χ3v) is 4.19. The zero-order chi connectivity index (χ0) is 21.6. The highest BCUT2D eigenvalue weighted by Gasteiger charge is 2.26. The molecule has 0 aromatic heterocycles. The van der Waals surface area contributed by atoms with Crippen LogP contribution in [0, 0.1) is 0 Å². The summed E-state index contributed by atoms with van der Waals surface area (Å²) < 4.78 is 15.2. The van der Waals surface area contributed by atoms with E-state index in [0.29, 0.717) is 29.8 Å². The second kappa shape index (κ2) is 13.7. The summed E-state index contributed by atoms with van der Waals surface area (Å²) in [5, 5.41) is 1.70. The van der Waals surface area contributed by atoms with E-state index in [-0.39, 0.29) is 25.9 Å². The lowest BCUT2D eigenvalue weighted by molar-refractivity contribution is 0.0414. The van der Waals surface area contributed by atoms with Crippen molar-refractivity contribution in [1.82, 2.24) is 10.4 Å². The van der Waals surface area contributed by atoms with Crippen molar-refractivity contribution in [1.29, 1.82) is 0 Å². The zero-order valence-corrected chi connectivity index (χ0v) is 17.9. The van der Waals surface area contributed by atoms with Gasteiger partial charge in [-0.15, -0.1) is 0 Å². The van der Waals surface area contributed by atoms with E-state index in [1.54, 1.807) is 38.1 Å². The minimum atomic E-state index is -0.726. The number of hydrogen-bond donors (Lipinski definition) is 1. The van der Waals surface area contributed by atoms with Crippen LogP contribution in [0.4, 0.5) is 9.59 Å². The normalized spacial score (nSPS) is 11.3. The molecule has 1 aromatic rings. The van der Waals surface area contributed by atoms with Crippen molar-refractivity contribution in [3.05, 3.63) is 34.9 Å². The summed E-state index contributed by atoms with van der Waals surface area (Å²) in [5.41, 5.74) is 2.86. The molecule has 0 bridgehead atoms. The van der Waals surface area contributed by atoms with E-state index in [1.165, 1.54) is 0 Å². The van der Waals surface area contributed by atoms with Gasteiger partial charge in [-0.05, 0) is 57.4 Å². The maximum Gasteiger partial charge on any atom is 0.429 e. The van der Waals surface area contributed by atoms with Gasteiger partial charge in [-0.1, -0.05) is 24.9 Å². The van der Waals surface area contributed by atoms with Gasteiger partial charge in [0.2, 0.25) is 0 Å². The predicted octanol–water partition coefficient (Wildman–Crippen LogP) is 4.57. The molecule has 1 N–H and O–H groups in total. The quantitative estimate of drug-likeness (QED) is 0.254. The number of carbonyl (C=O) groups excluding carboxylic acids is 3. The van der Waals surface area contributed by atoms with E-state index in [4.69, 9.17) is 25.8 Å². The van der Waals surface area contributed by atoms with Crippen LogP contribution in [-0.2, 0) is 14.2 Å². The number of hydrogen-bond acceptors (Lipinski definition) is 6. The Morgan fingerprint density at radius 3 is 2.24 bits per heavy atom. The number of carbonyl (C=O) groups is 3. The van der Waals surface area contributed by atoms with E-state index in [2.05, 4.69) is 5.43 Å². The zero-order valence-electron chi connectivity index (χ0n) is 17.1. The highest BCUT2D eigenvalue weighted by atomic mass is 35.5. The van der Waals surface area contributed by atoms with E-state index >= 15 is 0 Å². The van der Waals surface area contributed by atoms with Crippen LogP contribution in [0.2, 0.25) is 5.02 Å². The van der Waals surface area contributed by atoms with Gasteiger partial charge in [-0.2, -0.15) is 0 Å². The second-order valence-electron chi connectivity index (χ2n) is 6.13. The molecule has 0 heterocycles. The third kappa shape index (κ3) is 9.04. The third-order valence-electron chi connectivity index (χ3n) is 3.93. The van der Waals surface area contributed by atoms with Crippen LogP contribution < -0.4 is 5.43 Å². The summed E-state index contributed by atoms with van der Waals surface area (Å²) in [7, 11) is 0. The van der Waals surface area contributed by atoms with Crippen LogP contribution in [-0.4, -0.2) is 49.0 Å². The van der Waals surface area contributed by atoms with Gasteiger partial charge in [-0.25, -0.2) is 24.8 Å². The Labute approximate surface area is 176 Å². The number of hydrazine groups is 1. The maximum atomic E-state index is 12.3. The van der Waals surface area contributed by atoms with Crippen molar-refractivity contribution in [3.63, 3.8) is 0 Å². The Morgan fingerprint density at radius 1 is 1.00 bits per heavy atom. The summed E-state index contributed by atoms with van der Waals surface area (Å²) in [6, 6.07) is 6.10. The van der Waals surface area contributed by atoms with Gasteiger partial charge in [0.15, 0.2) is 0 Å². The molecule has 0 aliphatic heterocycles. The first-order valence-corrected chi connectivity index (χ1v) is 10.1. The lowest BCUT2D eigenvalue weighted by atomic mass is 10.1. The molecule has 2 amide bonds. The standard InChI is InChI=1S/C20H29ClN2O6/c1-4-8-17(23(20(26)28-6-3)22-19(25)27-5-2)9-7-14-29-18(24)15-10-12-16(21)13-11-15/h10-13,17H,4-9,14H2,1-3H3,(H,22,25)/t17-/m1/s1. The summed E-state index contributed by atoms with van der Waals surface area (Å²) >= 11 is 5.81. The van der Waals surface area contributed by atoms with Gasteiger partial charge in [0.05, 0.1) is 31.4 Å². The SMILES string of the molecule is CCC[C@H](CCCOC(=O)c1ccc(Cl)cc1)N(NC(=O)OCC)C(=O)OCC. The monoisotopic (exact) mass is 428 g/mol. The van der Waals surface area contributed by atoms with Crippen LogP contribution in [0.15, 0.2) is 24.3 Å². The number of rotatable bonds is 10. The van der Waals surface area contributed by atoms with E-state index in [1.807, 2.05) is 6.92 Å². The summed E-state index contributed by atoms with van der Waals surface area (Å²) in [5.74, 6) is -0.444. The predicted molar refractivity (Wildman–Crippen MR) is 109 cm³/mol. The Balaban J connectivity index is 2.64.